The highest BCUT2D eigenvalue weighted by Gasteiger charge is 2.39. The Morgan fingerprint density at radius 1 is 1.41 bits per heavy atom. The Hall–Kier alpha value is -2.46. The fourth-order valence-corrected chi connectivity index (χ4v) is 4.07. The van der Waals surface area contributed by atoms with Crippen LogP contribution in [0.5, 0.6) is 0 Å². The standard InChI is InChI=1S/C17H21N3O6S/c1-9-4-6-27-14(9)16(24)18-8-12(21)20-5-2-3-11(20)15(23)19-10-7-13(22)26-17(10)25/h4,6,10-11,17,25H,2-3,5,7-8H2,1H3,(H,18,24)(H,19,23)/t10-,11-,17+/m0/s1. The van der Waals surface area contributed by atoms with Crippen molar-refractivity contribution in [3.8, 4) is 0 Å². The molecule has 2 fully saturated rings. The van der Waals surface area contributed by atoms with Crippen LogP contribution in [-0.2, 0) is 19.1 Å². The van der Waals surface area contributed by atoms with Gasteiger partial charge in [-0.3, -0.25) is 19.2 Å². The lowest BCUT2D eigenvalue weighted by atomic mass is 10.1. The van der Waals surface area contributed by atoms with Crippen LogP contribution in [0.3, 0.4) is 0 Å². The van der Waals surface area contributed by atoms with Crippen molar-refractivity contribution in [1.29, 1.82) is 0 Å². The number of ether oxygens (including phenoxy) is 1. The van der Waals surface area contributed by atoms with Crippen molar-refractivity contribution in [2.24, 2.45) is 0 Å². The lowest BCUT2D eigenvalue weighted by Crippen LogP contribution is -2.52. The van der Waals surface area contributed by atoms with Gasteiger partial charge in [0.2, 0.25) is 18.1 Å². The Balaban J connectivity index is 1.54. The maximum atomic E-state index is 12.5. The van der Waals surface area contributed by atoms with Crippen LogP contribution in [-0.4, -0.2) is 65.2 Å². The first kappa shape index (κ1) is 19.3. The second-order valence-corrected chi connectivity index (χ2v) is 7.48. The summed E-state index contributed by atoms with van der Waals surface area (Å²) in [5, 5.41) is 16.6. The van der Waals surface area contributed by atoms with Crippen molar-refractivity contribution in [3.05, 3.63) is 21.9 Å². The van der Waals surface area contributed by atoms with Crippen molar-refractivity contribution in [2.75, 3.05) is 13.1 Å². The summed E-state index contributed by atoms with van der Waals surface area (Å²) in [5.74, 6) is -1.70. The summed E-state index contributed by atoms with van der Waals surface area (Å²) >= 11 is 1.30. The van der Waals surface area contributed by atoms with Crippen LogP contribution < -0.4 is 10.6 Å². The molecule has 0 aromatic carbocycles. The average molecular weight is 395 g/mol. The average Bonchev–Trinajstić information content (AvgIpc) is 3.33. The summed E-state index contributed by atoms with van der Waals surface area (Å²) in [6.45, 7) is 2.03. The van der Waals surface area contributed by atoms with E-state index in [-0.39, 0.29) is 24.8 Å². The van der Waals surface area contributed by atoms with Crippen molar-refractivity contribution in [2.45, 2.75) is 44.6 Å². The smallest absolute Gasteiger partial charge is 0.310 e. The van der Waals surface area contributed by atoms with Crippen molar-refractivity contribution >= 4 is 35.0 Å². The number of amides is 3. The molecule has 146 valence electrons. The lowest BCUT2D eigenvalue weighted by molar-refractivity contribution is -0.155. The highest BCUT2D eigenvalue weighted by Crippen LogP contribution is 2.20. The topological polar surface area (TPSA) is 125 Å². The number of likely N-dealkylation sites (tertiary alicyclic amines) is 1. The number of thiophene rings is 1. The van der Waals surface area contributed by atoms with Gasteiger partial charge in [0.05, 0.1) is 17.8 Å². The number of hydrogen-bond acceptors (Lipinski definition) is 7. The first-order valence-corrected chi connectivity index (χ1v) is 9.54. The zero-order valence-electron chi connectivity index (χ0n) is 14.8. The molecule has 1 aromatic rings. The molecule has 10 heteroatoms. The molecule has 0 unspecified atom stereocenters. The molecule has 0 radical (unpaired) electrons. The molecule has 2 aliphatic heterocycles. The number of esters is 1. The molecule has 3 N–H and O–H groups in total. The largest absolute Gasteiger partial charge is 0.434 e. The number of aliphatic hydroxyl groups is 1. The lowest BCUT2D eigenvalue weighted by Gasteiger charge is -2.25. The van der Waals surface area contributed by atoms with Gasteiger partial charge in [0.1, 0.15) is 12.1 Å². The van der Waals surface area contributed by atoms with E-state index in [1.807, 2.05) is 13.0 Å². The van der Waals surface area contributed by atoms with E-state index in [0.717, 1.165) is 5.56 Å². The Morgan fingerprint density at radius 3 is 2.81 bits per heavy atom. The first-order chi connectivity index (χ1) is 12.9. The predicted octanol–water partition coefficient (Wildman–Crippen LogP) is -0.473. The van der Waals surface area contributed by atoms with Crippen molar-refractivity contribution in [3.63, 3.8) is 0 Å². The van der Waals surface area contributed by atoms with E-state index in [9.17, 15) is 24.3 Å². The normalized spacial score (nSPS) is 24.6. The zero-order valence-corrected chi connectivity index (χ0v) is 15.6. The first-order valence-electron chi connectivity index (χ1n) is 8.66. The van der Waals surface area contributed by atoms with Crippen LogP contribution in [0.2, 0.25) is 0 Å². The Kier molecular flexibility index (Phi) is 5.76. The van der Waals surface area contributed by atoms with Crippen molar-refractivity contribution < 1.29 is 29.0 Å². The second kappa shape index (κ2) is 8.05. The van der Waals surface area contributed by atoms with E-state index in [1.54, 1.807) is 5.38 Å². The number of rotatable bonds is 5. The fraction of sp³-hybridized carbons (Fsp3) is 0.529. The van der Waals surface area contributed by atoms with Crippen LogP contribution in [0, 0.1) is 6.92 Å². The molecule has 2 aliphatic rings. The monoisotopic (exact) mass is 395 g/mol. The Bertz CT molecular complexity index is 764. The van der Waals surface area contributed by atoms with E-state index < -0.39 is 30.3 Å². The van der Waals surface area contributed by atoms with E-state index in [2.05, 4.69) is 15.4 Å². The quantitative estimate of drug-likeness (QED) is 0.579. The zero-order chi connectivity index (χ0) is 19.6. The molecule has 3 amide bonds. The second-order valence-electron chi connectivity index (χ2n) is 6.56. The summed E-state index contributed by atoms with van der Waals surface area (Å²) < 4.78 is 4.60. The number of carbonyl (C=O) groups is 4. The number of carbonyl (C=O) groups excluding carboxylic acids is 4. The van der Waals surface area contributed by atoms with Gasteiger partial charge in [0.15, 0.2) is 0 Å². The molecule has 0 spiro atoms. The minimum Gasteiger partial charge on any atom is -0.434 e. The highest BCUT2D eigenvalue weighted by molar-refractivity contribution is 7.12. The molecule has 27 heavy (non-hydrogen) atoms. The number of nitrogens with one attached hydrogen (secondary N) is 2. The molecule has 3 heterocycles. The van der Waals surface area contributed by atoms with Crippen molar-refractivity contribution in [1.82, 2.24) is 15.5 Å². The van der Waals surface area contributed by atoms with Gasteiger partial charge in [0.25, 0.3) is 5.91 Å². The van der Waals surface area contributed by atoms with Gasteiger partial charge < -0.3 is 25.4 Å². The third kappa shape index (κ3) is 4.28. The summed E-state index contributed by atoms with van der Waals surface area (Å²) in [4.78, 5) is 50.2. The molecule has 9 nitrogen and oxygen atoms in total. The maximum Gasteiger partial charge on any atom is 0.310 e. The van der Waals surface area contributed by atoms with Gasteiger partial charge in [-0.05, 0) is 36.8 Å². The van der Waals surface area contributed by atoms with Gasteiger partial charge in [-0.1, -0.05) is 0 Å². The van der Waals surface area contributed by atoms with Gasteiger partial charge >= 0.3 is 5.97 Å². The van der Waals surface area contributed by atoms with Crippen LogP contribution >= 0.6 is 11.3 Å². The molecule has 0 aliphatic carbocycles. The SMILES string of the molecule is Cc1ccsc1C(=O)NCC(=O)N1CCC[C@H]1C(=O)N[C@H]1CC(=O)O[C@H]1O. The predicted molar refractivity (Wildman–Crippen MR) is 94.8 cm³/mol. The van der Waals surface area contributed by atoms with Crippen LogP contribution in [0.4, 0.5) is 0 Å². The van der Waals surface area contributed by atoms with E-state index in [4.69, 9.17) is 0 Å². The fourth-order valence-electron chi connectivity index (χ4n) is 3.23. The molecule has 3 atom stereocenters. The third-order valence-corrected chi connectivity index (χ3v) is 5.67. The molecule has 0 saturated carbocycles. The summed E-state index contributed by atoms with van der Waals surface area (Å²) in [6.07, 6.45) is -0.346. The minimum absolute atomic E-state index is 0.107. The molecular formula is C17H21N3O6S. The summed E-state index contributed by atoms with van der Waals surface area (Å²) in [6, 6.07) is 0.318. The van der Waals surface area contributed by atoms with Crippen LogP contribution in [0.1, 0.15) is 34.5 Å². The van der Waals surface area contributed by atoms with Gasteiger partial charge in [-0.15, -0.1) is 11.3 Å². The number of hydrogen-bond donors (Lipinski definition) is 3. The summed E-state index contributed by atoms with van der Waals surface area (Å²) in [5.41, 5.74) is 0.843. The number of cyclic esters (lactones) is 1. The van der Waals surface area contributed by atoms with Gasteiger partial charge in [-0.2, -0.15) is 0 Å². The Morgan fingerprint density at radius 2 is 2.19 bits per heavy atom. The van der Waals surface area contributed by atoms with E-state index in [1.165, 1.54) is 16.2 Å². The molecule has 0 bridgehead atoms. The number of aryl methyl sites for hydroxylation is 1. The highest BCUT2D eigenvalue weighted by atomic mass is 32.1. The van der Waals surface area contributed by atoms with E-state index >= 15 is 0 Å². The Labute approximate surface area is 159 Å². The van der Waals surface area contributed by atoms with Crippen LogP contribution in [0.25, 0.3) is 0 Å². The van der Waals surface area contributed by atoms with E-state index in [0.29, 0.717) is 24.3 Å². The number of nitrogens with zero attached hydrogens (tertiary/aromatic N) is 1. The van der Waals surface area contributed by atoms with Crippen LogP contribution in [0.15, 0.2) is 11.4 Å². The molecule has 3 rings (SSSR count). The molecule has 2 saturated heterocycles. The minimum atomic E-state index is -1.37. The summed E-state index contributed by atoms with van der Waals surface area (Å²) in [7, 11) is 0. The molecule has 1 aromatic heterocycles. The van der Waals surface area contributed by atoms with Gasteiger partial charge in [0, 0.05) is 6.54 Å². The maximum absolute atomic E-state index is 12.5. The molecular weight excluding hydrogens is 374 g/mol. The number of aliphatic hydroxyl groups excluding tert-OH is 1. The third-order valence-electron chi connectivity index (χ3n) is 4.65. The van der Waals surface area contributed by atoms with Gasteiger partial charge in [-0.25, -0.2) is 0 Å².